The van der Waals surface area contributed by atoms with Gasteiger partial charge in [0.1, 0.15) is 0 Å². The summed E-state index contributed by atoms with van der Waals surface area (Å²) in [5.41, 5.74) is 1.92. The second-order valence-corrected chi connectivity index (χ2v) is 6.65. The topological polar surface area (TPSA) is 36.4 Å². The fourth-order valence-corrected chi connectivity index (χ4v) is 4.18. The number of aliphatic hydroxyl groups excluding tert-OH is 1. The molecule has 3 heteroatoms. The van der Waals surface area contributed by atoms with Crippen molar-refractivity contribution < 1.29 is 5.11 Å². The van der Waals surface area contributed by atoms with E-state index in [1.807, 2.05) is 24.4 Å². The van der Waals surface area contributed by atoms with Gasteiger partial charge in [-0.15, -0.1) is 6.58 Å². The highest BCUT2D eigenvalue weighted by atomic mass is 16.3. The number of hydrogen-bond acceptors (Lipinski definition) is 3. The Morgan fingerprint density at radius 3 is 3.00 bits per heavy atom. The highest BCUT2D eigenvalue weighted by Crippen LogP contribution is 2.41. The van der Waals surface area contributed by atoms with Gasteiger partial charge in [0.2, 0.25) is 0 Å². The van der Waals surface area contributed by atoms with Crippen LogP contribution in [0.1, 0.15) is 24.5 Å². The van der Waals surface area contributed by atoms with E-state index < -0.39 is 6.10 Å². The van der Waals surface area contributed by atoms with Crippen LogP contribution in [0.2, 0.25) is 0 Å². The minimum atomic E-state index is -0.453. The van der Waals surface area contributed by atoms with Crippen LogP contribution < -0.4 is 0 Å². The van der Waals surface area contributed by atoms with Gasteiger partial charge in [0, 0.05) is 29.7 Å². The van der Waals surface area contributed by atoms with Gasteiger partial charge in [0.25, 0.3) is 0 Å². The molecule has 3 aliphatic rings. The average molecular weight is 294 g/mol. The molecule has 3 aliphatic heterocycles. The Kier molecular flexibility index (Phi) is 3.47. The first-order valence-electron chi connectivity index (χ1n) is 8.15. The van der Waals surface area contributed by atoms with Crippen LogP contribution in [0.4, 0.5) is 0 Å². The van der Waals surface area contributed by atoms with Gasteiger partial charge in [0.15, 0.2) is 0 Å². The molecule has 3 saturated heterocycles. The normalized spacial score (nSPS) is 32.0. The molecule has 0 aliphatic carbocycles. The summed E-state index contributed by atoms with van der Waals surface area (Å²) in [5.74, 6) is 1.27. The van der Waals surface area contributed by atoms with Gasteiger partial charge in [-0.25, -0.2) is 0 Å². The second kappa shape index (κ2) is 5.49. The Morgan fingerprint density at radius 1 is 1.36 bits per heavy atom. The SMILES string of the molecule is C=C[C@@H]1CN2CC[C@@H]1C[C@@H]2[C@H](O)c1cnc2ccccc2c1. The number of aromatic nitrogens is 1. The number of benzene rings is 1. The first-order valence-corrected chi connectivity index (χ1v) is 8.15. The smallest absolute Gasteiger partial charge is 0.0960 e. The first kappa shape index (κ1) is 13.9. The highest BCUT2D eigenvalue weighted by molar-refractivity contribution is 5.78. The molecule has 0 amide bonds. The molecule has 3 nitrogen and oxygen atoms in total. The van der Waals surface area contributed by atoms with Gasteiger partial charge in [-0.05, 0) is 43.4 Å². The molecule has 2 aromatic rings. The molecule has 0 radical (unpaired) electrons. The molecule has 1 aromatic heterocycles. The lowest BCUT2D eigenvalue weighted by atomic mass is 9.74. The van der Waals surface area contributed by atoms with E-state index in [-0.39, 0.29) is 6.04 Å². The number of aliphatic hydroxyl groups is 1. The molecule has 22 heavy (non-hydrogen) atoms. The van der Waals surface area contributed by atoms with Gasteiger partial charge in [-0.3, -0.25) is 9.88 Å². The number of fused-ring (bicyclic) bond motifs is 4. The maximum atomic E-state index is 10.9. The lowest BCUT2D eigenvalue weighted by molar-refractivity contribution is -0.0449. The third kappa shape index (κ3) is 2.25. The van der Waals surface area contributed by atoms with Crippen molar-refractivity contribution in [1.82, 2.24) is 9.88 Å². The third-order valence-electron chi connectivity index (χ3n) is 5.47. The van der Waals surface area contributed by atoms with Crippen molar-refractivity contribution in [1.29, 1.82) is 0 Å². The van der Waals surface area contributed by atoms with Gasteiger partial charge >= 0.3 is 0 Å². The summed E-state index contributed by atoms with van der Waals surface area (Å²) in [6, 6.07) is 10.4. The summed E-state index contributed by atoms with van der Waals surface area (Å²) in [7, 11) is 0. The minimum absolute atomic E-state index is 0.220. The summed E-state index contributed by atoms with van der Waals surface area (Å²) in [4.78, 5) is 6.93. The van der Waals surface area contributed by atoms with Crippen LogP contribution in [0.15, 0.2) is 49.2 Å². The Bertz CT molecular complexity index is 699. The predicted octanol–water partition coefficient (Wildman–Crippen LogP) is 3.16. The van der Waals surface area contributed by atoms with E-state index in [0.717, 1.165) is 36.0 Å². The van der Waals surface area contributed by atoms with Gasteiger partial charge in [-0.1, -0.05) is 24.3 Å². The molecule has 5 rings (SSSR count). The van der Waals surface area contributed by atoms with Crippen LogP contribution in [-0.4, -0.2) is 34.1 Å². The summed E-state index contributed by atoms with van der Waals surface area (Å²) >= 11 is 0. The van der Waals surface area contributed by atoms with E-state index in [1.165, 1.54) is 6.42 Å². The Morgan fingerprint density at radius 2 is 2.23 bits per heavy atom. The van der Waals surface area contributed by atoms with Crippen molar-refractivity contribution in [3.05, 3.63) is 54.7 Å². The summed E-state index contributed by atoms with van der Waals surface area (Å²) in [6.07, 6.45) is 5.77. The zero-order valence-electron chi connectivity index (χ0n) is 12.7. The maximum absolute atomic E-state index is 10.9. The lowest BCUT2D eigenvalue weighted by Crippen LogP contribution is -2.54. The quantitative estimate of drug-likeness (QED) is 0.883. The van der Waals surface area contributed by atoms with E-state index in [2.05, 4.69) is 34.7 Å². The minimum Gasteiger partial charge on any atom is -0.387 e. The van der Waals surface area contributed by atoms with Crippen molar-refractivity contribution in [2.45, 2.75) is 25.0 Å². The zero-order chi connectivity index (χ0) is 15.1. The van der Waals surface area contributed by atoms with Crippen LogP contribution >= 0.6 is 0 Å². The number of para-hydroxylation sites is 1. The highest BCUT2D eigenvalue weighted by Gasteiger charge is 2.42. The average Bonchev–Trinajstić information content (AvgIpc) is 2.60. The Balaban J connectivity index is 1.61. The monoisotopic (exact) mass is 294 g/mol. The number of nitrogens with zero attached hydrogens (tertiary/aromatic N) is 2. The molecule has 1 aromatic carbocycles. The predicted molar refractivity (Wildman–Crippen MR) is 88.5 cm³/mol. The molecule has 0 saturated carbocycles. The fourth-order valence-electron chi connectivity index (χ4n) is 4.18. The van der Waals surface area contributed by atoms with Crippen molar-refractivity contribution in [2.24, 2.45) is 11.8 Å². The molecular weight excluding hydrogens is 272 g/mol. The summed E-state index contributed by atoms with van der Waals surface area (Å²) in [6.45, 7) is 6.10. The largest absolute Gasteiger partial charge is 0.387 e. The molecule has 2 bridgehead atoms. The number of rotatable bonds is 3. The van der Waals surface area contributed by atoms with Crippen LogP contribution in [0.5, 0.6) is 0 Å². The summed E-state index contributed by atoms with van der Waals surface area (Å²) < 4.78 is 0. The Hall–Kier alpha value is -1.71. The fraction of sp³-hybridized carbons (Fsp3) is 0.421. The van der Waals surface area contributed by atoms with Crippen molar-refractivity contribution >= 4 is 10.9 Å². The van der Waals surface area contributed by atoms with E-state index in [1.54, 1.807) is 0 Å². The molecule has 5 atom stereocenters. The van der Waals surface area contributed by atoms with Crippen LogP contribution in [-0.2, 0) is 0 Å². The van der Waals surface area contributed by atoms with Crippen LogP contribution in [0.25, 0.3) is 10.9 Å². The molecule has 1 unspecified atom stereocenters. The zero-order valence-corrected chi connectivity index (χ0v) is 12.7. The van der Waals surface area contributed by atoms with E-state index in [0.29, 0.717) is 11.8 Å². The maximum Gasteiger partial charge on any atom is 0.0960 e. The van der Waals surface area contributed by atoms with Gasteiger partial charge in [0.05, 0.1) is 11.6 Å². The van der Waals surface area contributed by atoms with Crippen LogP contribution in [0, 0.1) is 11.8 Å². The summed E-state index contributed by atoms with van der Waals surface area (Å²) in [5, 5.41) is 12.0. The van der Waals surface area contributed by atoms with E-state index in [4.69, 9.17) is 0 Å². The number of pyridine rings is 1. The van der Waals surface area contributed by atoms with Gasteiger partial charge < -0.3 is 5.11 Å². The van der Waals surface area contributed by atoms with E-state index in [9.17, 15) is 5.11 Å². The van der Waals surface area contributed by atoms with Crippen molar-refractivity contribution in [3.63, 3.8) is 0 Å². The number of hydrogen-bond donors (Lipinski definition) is 1. The molecule has 3 fully saturated rings. The van der Waals surface area contributed by atoms with Crippen molar-refractivity contribution in [2.75, 3.05) is 13.1 Å². The second-order valence-electron chi connectivity index (χ2n) is 6.65. The first-order chi connectivity index (χ1) is 10.8. The van der Waals surface area contributed by atoms with E-state index >= 15 is 0 Å². The number of piperidine rings is 3. The molecule has 0 spiro atoms. The van der Waals surface area contributed by atoms with Crippen molar-refractivity contribution in [3.8, 4) is 0 Å². The molecule has 4 heterocycles. The Labute approximate surface area is 131 Å². The molecule has 114 valence electrons. The molecular formula is C19H22N2O. The standard InChI is InChI=1S/C19H22N2O/c1-2-13-12-21-8-7-14(13)10-18(21)19(22)16-9-15-5-3-4-6-17(15)20-11-16/h2-6,9,11,13-14,18-19,22H,1,7-8,10,12H2/t13-,14-,18-,19-/m1/s1. The third-order valence-corrected chi connectivity index (χ3v) is 5.47. The molecule has 1 N–H and O–H groups in total. The van der Waals surface area contributed by atoms with Gasteiger partial charge in [-0.2, -0.15) is 0 Å². The lowest BCUT2D eigenvalue weighted by Gasteiger charge is -2.50. The van der Waals surface area contributed by atoms with Crippen LogP contribution in [0.3, 0.4) is 0 Å².